The third kappa shape index (κ3) is 5.25. The van der Waals surface area contributed by atoms with E-state index in [-0.39, 0.29) is 6.42 Å². The number of halogens is 3. The highest BCUT2D eigenvalue weighted by molar-refractivity contribution is 5.29. The van der Waals surface area contributed by atoms with Gasteiger partial charge in [0.2, 0.25) is 5.95 Å². The summed E-state index contributed by atoms with van der Waals surface area (Å²) in [6.07, 6.45) is 4.09. The van der Waals surface area contributed by atoms with E-state index in [1.54, 1.807) is 0 Å². The van der Waals surface area contributed by atoms with Gasteiger partial charge in [0.1, 0.15) is 0 Å². The van der Waals surface area contributed by atoms with Gasteiger partial charge in [-0.05, 0) is 32.6 Å². The summed E-state index contributed by atoms with van der Waals surface area (Å²) in [6, 6.07) is 0.484. The first-order valence-corrected chi connectivity index (χ1v) is 7.82. The summed E-state index contributed by atoms with van der Waals surface area (Å²) < 4.78 is 38.4. The van der Waals surface area contributed by atoms with E-state index in [1.165, 1.54) is 32.1 Å². The normalized spacial score (nSPS) is 17.1. The molecule has 0 unspecified atom stereocenters. The summed E-state index contributed by atoms with van der Waals surface area (Å²) in [7, 11) is 0. The van der Waals surface area contributed by atoms with Crippen molar-refractivity contribution in [2.24, 2.45) is 0 Å². The second-order valence-corrected chi connectivity index (χ2v) is 5.90. The zero-order valence-electron chi connectivity index (χ0n) is 12.5. The van der Waals surface area contributed by atoms with Gasteiger partial charge in [0.25, 0.3) is 0 Å². The highest BCUT2D eigenvalue weighted by Crippen LogP contribution is 2.30. The molecule has 0 aromatic carbocycles. The van der Waals surface area contributed by atoms with E-state index in [1.807, 2.05) is 13.1 Å². The highest BCUT2D eigenvalue weighted by Gasteiger charge is 2.25. The zero-order valence-corrected chi connectivity index (χ0v) is 12.5. The number of imidazole rings is 1. The molecule has 21 heavy (non-hydrogen) atoms. The fraction of sp³-hybridized carbons (Fsp3) is 0.800. The van der Waals surface area contributed by atoms with E-state index in [0.29, 0.717) is 19.0 Å². The molecule has 1 fully saturated rings. The molecule has 1 aliphatic rings. The third-order valence-electron chi connectivity index (χ3n) is 3.99. The molecule has 0 bridgehead atoms. The molecule has 0 spiro atoms. The van der Waals surface area contributed by atoms with Gasteiger partial charge in [0.05, 0.1) is 5.69 Å². The molecule has 2 rings (SSSR count). The van der Waals surface area contributed by atoms with Crippen LogP contribution in [0.2, 0.25) is 0 Å². The van der Waals surface area contributed by atoms with E-state index in [0.717, 1.165) is 11.6 Å². The van der Waals surface area contributed by atoms with Crippen LogP contribution in [0.25, 0.3) is 0 Å². The van der Waals surface area contributed by atoms with Crippen molar-refractivity contribution in [3.63, 3.8) is 0 Å². The van der Waals surface area contributed by atoms with Crippen molar-refractivity contribution in [1.82, 2.24) is 9.55 Å². The Hall–Kier alpha value is -1.20. The van der Waals surface area contributed by atoms with Crippen molar-refractivity contribution >= 4 is 5.95 Å². The minimum absolute atomic E-state index is 0.166. The van der Waals surface area contributed by atoms with Crippen LogP contribution in [0.4, 0.5) is 19.1 Å². The summed E-state index contributed by atoms with van der Waals surface area (Å²) in [4.78, 5) is 4.46. The smallest absolute Gasteiger partial charge is 0.356 e. The topological polar surface area (TPSA) is 29.9 Å². The Balaban J connectivity index is 1.82. The van der Waals surface area contributed by atoms with E-state index in [9.17, 15) is 13.2 Å². The molecule has 1 heterocycles. The van der Waals surface area contributed by atoms with Crippen molar-refractivity contribution in [2.45, 2.75) is 70.5 Å². The second kappa shape index (κ2) is 7.18. The first-order chi connectivity index (χ1) is 9.96. The van der Waals surface area contributed by atoms with Crippen LogP contribution in [-0.2, 0) is 0 Å². The molecule has 3 nitrogen and oxygen atoms in total. The lowest BCUT2D eigenvalue weighted by atomic mass is 9.95. The molecule has 0 amide bonds. The van der Waals surface area contributed by atoms with Gasteiger partial charge in [-0.1, -0.05) is 19.3 Å². The monoisotopic (exact) mass is 303 g/mol. The van der Waals surface area contributed by atoms with Crippen molar-refractivity contribution < 1.29 is 13.2 Å². The number of rotatable bonds is 6. The Bertz CT molecular complexity index is 434. The van der Waals surface area contributed by atoms with Crippen LogP contribution in [0.1, 0.15) is 63.1 Å². The summed E-state index contributed by atoms with van der Waals surface area (Å²) in [5.74, 6) is 0.811. The van der Waals surface area contributed by atoms with Crippen molar-refractivity contribution in [2.75, 3.05) is 11.9 Å². The van der Waals surface area contributed by atoms with Crippen LogP contribution in [0, 0.1) is 6.92 Å². The summed E-state index contributed by atoms with van der Waals surface area (Å²) in [5.41, 5.74) is 0.957. The molecule has 0 aliphatic heterocycles. The lowest BCUT2D eigenvalue weighted by molar-refractivity contribution is -0.135. The molecular formula is C15H24F3N3. The van der Waals surface area contributed by atoms with Gasteiger partial charge in [-0.3, -0.25) is 0 Å². The number of hydrogen-bond acceptors (Lipinski definition) is 2. The number of unbranched alkanes of at least 4 members (excludes halogenated alkanes) is 1. The van der Waals surface area contributed by atoms with Gasteiger partial charge in [-0.15, -0.1) is 0 Å². The van der Waals surface area contributed by atoms with Gasteiger partial charge in [0, 0.05) is 25.2 Å². The van der Waals surface area contributed by atoms with E-state index in [4.69, 9.17) is 0 Å². The Morgan fingerprint density at radius 2 is 1.95 bits per heavy atom. The highest BCUT2D eigenvalue weighted by atomic mass is 19.4. The largest absolute Gasteiger partial charge is 0.389 e. The Kier molecular flexibility index (Phi) is 5.53. The Morgan fingerprint density at radius 3 is 2.62 bits per heavy atom. The Labute approximate surface area is 123 Å². The summed E-state index contributed by atoms with van der Waals surface area (Å²) in [6.45, 7) is 2.49. The third-order valence-corrected chi connectivity index (χ3v) is 3.99. The SMILES string of the molecule is Cc1cn(C2CCCCC2)c(NCCCCC(F)(F)F)n1. The zero-order chi connectivity index (χ0) is 15.3. The van der Waals surface area contributed by atoms with Crippen molar-refractivity contribution in [3.05, 3.63) is 11.9 Å². The number of hydrogen-bond donors (Lipinski definition) is 1. The minimum Gasteiger partial charge on any atom is -0.356 e. The van der Waals surface area contributed by atoms with Crippen LogP contribution in [0.5, 0.6) is 0 Å². The van der Waals surface area contributed by atoms with E-state index >= 15 is 0 Å². The van der Waals surface area contributed by atoms with Crippen LogP contribution in [-0.4, -0.2) is 22.3 Å². The molecule has 0 saturated heterocycles. The fourth-order valence-corrected chi connectivity index (χ4v) is 2.94. The number of nitrogens with one attached hydrogen (secondary N) is 1. The molecule has 0 atom stereocenters. The molecule has 1 aliphatic carbocycles. The summed E-state index contributed by atoms with van der Waals surface area (Å²) in [5, 5.41) is 3.20. The predicted octanol–water partition coefficient (Wildman–Crippen LogP) is 4.84. The van der Waals surface area contributed by atoms with Crippen LogP contribution in [0.15, 0.2) is 6.20 Å². The first kappa shape index (κ1) is 16.2. The number of aromatic nitrogens is 2. The molecule has 120 valence electrons. The molecular weight excluding hydrogens is 279 g/mol. The molecule has 0 radical (unpaired) electrons. The summed E-state index contributed by atoms with van der Waals surface area (Å²) >= 11 is 0. The van der Waals surface area contributed by atoms with E-state index in [2.05, 4.69) is 14.9 Å². The Morgan fingerprint density at radius 1 is 1.24 bits per heavy atom. The standard InChI is InChI=1S/C15H24F3N3/c1-12-11-21(13-7-3-2-4-8-13)14(20-12)19-10-6-5-9-15(16,17)18/h11,13H,2-10H2,1H3,(H,19,20). The van der Waals surface area contributed by atoms with Gasteiger partial charge in [0.15, 0.2) is 0 Å². The minimum atomic E-state index is -4.04. The lowest BCUT2D eigenvalue weighted by Gasteiger charge is -2.24. The van der Waals surface area contributed by atoms with Gasteiger partial charge in [-0.2, -0.15) is 13.2 Å². The molecule has 1 saturated carbocycles. The first-order valence-electron chi connectivity index (χ1n) is 7.82. The lowest BCUT2D eigenvalue weighted by Crippen LogP contribution is -2.16. The molecule has 1 N–H and O–H groups in total. The molecule has 1 aromatic heterocycles. The van der Waals surface area contributed by atoms with Crippen LogP contribution < -0.4 is 5.32 Å². The second-order valence-electron chi connectivity index (χ2n) is 5.90. The maximum Gasteiger partial charge on any atom is 0.389 e. The maximum atomic E-state index is 12.1. The van der Waals surface area contributed by atoms with Gasteiger partial charge < -0.3 is 9.88 Å². The predicted molar refractivity (Wildman–Crippen MR) is 77.5 cm³/mol. The number of anilines is 1. The van der Waals surface area contributed by atoms with E-state index < -0.39 is 12.6 Å². The molecule has 6 heteroatoms. The van der Waals surface area contributed by atoms with Crippen LogP contribution in [0.3, 0.4) is 0 Å². The van der Waals surface area contributed by atoms with Crippen LogP contribution >= 0.6 is 0 Å². The average molecular weight is 303 g/mol. The quantitative estimate of drug-likeness (QED) is 0.762. The maximum absolute atomic E-state index is 12.1. The van der Waals surface area contributed by atoms with Crippen molar-refractivity contribution in [1.29, 1.82) is 0 Å². The van der Waals surface area contributed by atoms with Gasteiger partial charge in [-0.25, -0.2) is 4.98 Å². The number of alkyl halides is 3. The number of nitrogens with zero attached hydrogens (tertiary/aromatic N) is 2. The number of aryl methyl sites for hydroxylation is 1. The average Bonchev–Trinajstić information content (AvgIpc) is 2.79. The van der Waals surface area contributed by atoms with Crippen molar-refractivity contribution in [3.8, 4) is 0 Å². The molecule has 1 aromatic rings. The van der Waals surface area contributed by atoms with Gasteiger partial charge >= 0.3 is 6.18 Å². The fourth-order valence-electron chi connectivity index (χ4n) is 2.94.